The molecule has 0 aliphatic heterocycles. The average molecular weight is 369 g/mol. The van der Waals surface area contributed by atoms with Gasteiger partial charge < -0.3 is 14.6 Å². The molecule has 1 amide bonds. The van der Waals surface area contributed by atoms with E-state index >= 15 is 0 Å². The summed E-state index contributed by atoms with van der Waals surface area (Å²) in [6.45, 7) is 0.294. The molecule has 2 aromatic carbocycles. The van der Waals surface area contributed by atoms with E-state index in [2.05, 4.69) is 5.32 Å². The molecule has 26 heavy (non-hydrogen) atoms. The van der Waals surface area contributed by atoms with Crippen molar-refractivity contribution in [1.29, 1.82) is 0 Å². The quantitative estimate of drug-likeness (QED) is 0.745. The molecular weight excluding hydrogens is 352 g/mol. The number of hydrogen-bond donors (Lipinski definition) is 1. The van der Waals surface area contributed by atoms with Crippen molar-refractivity contribution in [3.63, 3.8) is 0 Å². The fraction of sp³-hybridized carbons (Fsp3) is 0.100. The molecule has 0 unspecified atom stereocenters. The van der Waals surface area contributed by atoms with Crippen LogP contribution in [0.5, 0.6) is 5.75 Å². The second-order valence-electron chi connectivity index (χ2n) is 5.66. The normalized spacial score (nSPS) is 10.4. The highest BCUT2D eigenvalue weighted by atomic mass is 35.5. The first-order valence-electron chi connectivity index (χ1n) is 7.96. The minimum absolute atomic E-state index is 0.203. The van der Waals surface area contributed by atoms with Gasteiger partial charge >= 0.3 is 0 Å². The van der Waals surface area contributed by atoms with Crippen LogP contribution >= 0.6 is 11.6 Å². The predicted molar refractivity (Wildman–Crippen MR) is 102 cm³/mol. The number of methoxy groups -OCH3 is 1. The molecule has 0 aliphatic carbocycles. The van der Waals surface area contributed by atoms with Crippen LogP contribution in [0.2, 0.25) is 5.02 Å². The number of benzene rings is 2. The second kappa shape index (κ2) is 7.89. The summed E-state index contributed by atoms with van der Waals surface area (Å²) in [7, 11) is 1.58. The van der Waals surface area contributed by atoms with Crippen LogP contribution in [0.15, 0.2) is 71.7 Å². The van der Waals surface area contributed by atoms with Gasteiger partial charge in [0.1, 0.15) is 5.75 Å². The van der Waals surface area contributed by atoms with Crippen molar-refractivity contribution in [3.05, 3.63) is 93.4 Å². The topological polar surface area (TPSA) is 60.3 Å². The minimum atomic E-state index is -0.303. The number of carbonyl (C=O) groups excluding carboxylic acids is 1. The van der Waals surface area contributed by atoms with Gasteiger partial charge in [0, 0.05) is 23.0 Å². The Morgan fingerprint density at radius 1 is 1.08 bits per heavy atom. The number of halogens is 1. The summed E-state index contributed by atoms with van der Waals surface area (Å²) in [6, 6.07) is 17.2. The maximum absolute atomic E-state index is 12.5. The van der Waals surface area contributed by atoms with Crippen LogP contribution in [0, 0.1) is 0 Å². The lowest BCUT2D eigenvalue weighted by molar-refractivity contribution is 0.102. The van der Waals surface area contributed by atoms with Crippen LogP contribution in [-0.2, 0) is 6.54 Å². The number of ether oxygens (including phenoxy) is 1. The monoisotopic (exact) mass is 368 g/mol. The third kappa shape index (κ3) is 4.13. The van der Waals surface area contributed by atoms with Crippen LogP contribution < -0.4 is 15.6 Å². The number of nitrogens with zero attached hydrogens (tertiary/aromatic N) is 1. The zero-order chi connectivity index (χ0) is 18.5. The molecule has 0 bridgehead atoms. The summed E-state index contributed by atoms with van der Waals surface area (Å²) >= 11 is 6.16. The molecule has 0 atom stereocenters. The SMILES string of the molecule is COc1ccc(NC(=O)c2ccc(=O)n(Cc3ccccc3Cl)c2)cc1. The van der Waals surface area contributed by atoms with E-state index < -0.39 is 0 Å². The summed E-state index contributed by atoms with van der Waals surface area (Å²) in [5.41, 5.74) is 1.63. The third-order valence-electron chi connectivity index (χ3n) is 3.89. The lowest BCUT2D eigenvalue weighted by atomic mass is 10.2. The summed E-state index contributed by atoms with van der Waals surface area (Å²) in [5.74, 6) is 0.402. The maximum Gasteiger partial charge on any atom is 0.257 e. The number of rotatable bonds is 5. The van der Waals surface area contributed by atoms with Crippen LogP contribution in [-0.4, -0.2) is 17.6 Å². The van der Waals surface area contributed by atoms with Gasteiger partial charge in [0.05, 0.1) is 19.2 Å². The van der Waals surface area contributed by atoms with Crippen molar-refractivity contribution >= 4 is 23.2 Å². The van der Waals surface area contributed by atoms with E-state index in [0.29, 0.717) is 28.6 Å². The van der Waals surface area contributed by atoms with E-state index in [4.69, 9.17) is 16.3 Å². The number of aromatic nitrogens is 1. The number of amides is 1. The van der Waals surface area contributed by atoms with Gasteiger partial charge in [0.15, 0.2) is 0 Å². The van der Waals surface area contributed by atoms with E-state index in [-0.39, 0.29) is 11.5 Å². The Bertz CT molecular complexity index is 981. The molecule has 1 N–H and O–H groups in total. The Morgan fingerprint density at radius 3 is 2.50 bits per heavy atom. The number of anilines is 1. The van der Waals surface area contributed by atoms with Crippen LogP contribution in [0.25, 0.3) is 0 Å². The Balaban J connectivity index is 1.80. The lowest BCUT2D eigenvalue weighted by Gasteiger charge is -2.10. The van der Waals surface area contributed by atoms with Crippen molar-refractivity contribution in [2.45, 2.75) is 6.54 Å². The fourth-order valence-electron chi connectivity index (χ4n) is 2.48. The lowest BCUT2D eigenvalue weighted by Crippen LogP contribution is -2.22. The largest absolute Gasteiger partial charge is 0.497 e. The minimum Gasteiger partial charge on any atom is -0.497 e. The Kier molecular flexibility index (Phi) is 5.39. The molecule has 0 fully saturated rings. The second-order valence-corrected chi connectivity index (χ2v) is 6.07. The summed E-state index contributed by atoms with van der Waals surface area (Å²) in [4.78, 5) is 24.6. The third-order valence-corrected chi connectivity index (χ3v) is 4.26. The Labute approximate surface area is 155 Å². The van der Waals surface area contributed by atoms with Crippen molar-refractivity contribution < 1.29 is 9.53 Å². The molecule has 3 rings (SSSR count). The van der Waals surface area contributed by atoms with Crippen LogP contribution in [0.1, 0.15) is 15.9 Å². The number of hydrogen-bond acceptors (Lipinski definition) is 3. The van der Waals surface area contributed by atoms with Crippen LogP contribution in [0.4, 0.5) is 5.69 Å². The van der Waals surface area contributed by atoms with E-state index in [1.54, 1.807) is 37.4 Å². The molecule has 1 aromatic heterocycles. The van der Waals surface area contributed by atoms with E-state index in [1.807, 2.05) is 18.2 Å². The summed E-state index contributed by atoms with van der Waals surface area (Å²) in [5, 5.41) is 3.37. The number of nitrogens with one attached hydrogen (secondary N) is 1. The van der Waals surface area contributed by atoms with Gasteiger partial charge in [-0.15, -0.1) is 0 Å². The van der Waals surface area contributed by atoms with Gasteiger partial charge in [-0.3, -0.25) is 9.59 Å². The highest BCUT2D eigenvalue weighted by Gasteiger charge is 2.09. The molecule has 5 nitrogen and oxygen atoms in total. The summed E-state index contributed by atoms with van der Waals surface area (Å²) in [6.07, 6.45) is 1.53. The zero-order valence-electron chi connectivity index (χ0n) is 14.1. The molecule has 0 spiro atoms. The standard InChI is InChI=1S/C20H17ClN2O3/c1-26-17-9-7-16(8-10-17)22-20(25)15-6-11-19(24)23(13-15)12-14-4-2-3-5-18(14)21/h2-11,13H,12H2,1H3,(H,22,25). The molecule has 3 aromatic rings. The molecule has 6 heteroatoms. The number of pyridine rings is 1. The van der Waals surface area contributed by atoms with Crippen molar-refractivity contribution in [2.24, 2.45) is 0 Å². The van der Waals surface area contributed by atoms with Gasteiger partial charge in [-0.05, 0) is 42.0 Å². The first-order valence-corrected chi connectivity index (χ1v) is 8.34. The molecular formula is C20H17ClN2O3. The van der Waals surface area contributed by atoms with E-state index in [9.17, 15) is 9.59 Å². The van der Waals surface area contributed by atoms with Crippen LogP contribution in [0.3, 0.4) is 0 Å². The molecule has 0 saturated heterocycles. The first-order chi connectivity index (χ1) is 12.6. The van der Waals surface area contributed by atoms with Crippen molar-refractivity contribution in [2.75, 3.05) is 12.4 Å². The first kappa shape index (κ1) is 17.8. The van der Waals surface area contributed by atoms with Gasteiger partial charge in [-0.25, -0.2) is 0 Å². The maximum atomic E-state index is 12.5. The number of carbonyl (C=O) groups is 1. The van der Waals surface area contributed by atoms with E-state index in [1.165, 1.54) is 22.9 Å². The summed E-state index contributed by atoms with van der Waals surface area (Å²) < 4.78 is 6.55. The predicted octanol–water partition coefficient (Wildman–Crippen LogP) is 3.81. The zero-order valence-corrected chi connectivity index (χ0v) is 14.9. The molecule has 0 aliphatic rings. The molecule has 0 saturated carbocycles. The fourth-order valence-corrected chi connectivity index (χ4v) is 2.67. The average Bonchev–Trinajstić information content (AvgIpc) is 2.66. The van der Waals surface area contributed by atoms with Crippen molar-refractivity contribution in [3.8, 4) is 5.75 Å². The van der Waals surface area contributed by atoms with Crippen molar-refractivity contribution in [1.82, 2.24) is 4.57 Å². The molecule has 132 valence electrons. The Hall–Kier alpha value is -3.05. The highest BCUT2D eigenvalue weighted by Crippen LogP contribution is 2.17. The van der Waals surface area contributed by atoms with Gasteiger partial charge in [-0.2, -0.15) is 0 Å². The highest BCUT2D eigenvalue weighted by molar-refractivity contribution is 6.31. The Morgan fingerprint density at radius 2 is 1.81 bits per heavy atom. The van der Waals surface area contributed by atoms with Gasteiger partial charge in [0.25, 0.3) is 11.5 Å². The molecule has 1 heterocycles. The smallest absolute Gasteiger partial charge is 0.257 e. The van der Waals surface area contributed by atoms with Gasteiger partial charge in [0.2, 0.25) is 0 Å². The van der Waals surface area contributed by atoms with Gasteiger partial charge in [-0.1, -0.05) is 29.8 Å². The molecule has 0 radical (unpaired) electrons. The van der Waals surface area contributed by atoms with E-state index in [0.717, 1.165) is 5.56 Å².